The van der Waals surface area contributed by atoms with Crippen LogP contribution in [0.3, 0.4) is 0 Å². The number of benzene rings is 1. The minimum atomic E-state index is -0.993. The molecule has 0 spiro atoms. The Morgan fingerprint density at radius 2 is 1.67 bits per heavy atom. The first kappa shape index (κ1) is 16.5. The molecule has 1 aromatic rings. The molecule has 2 fully saturated rings. The van der Waals surface area contributed by atoms with Gasteiger partial charge in [0, 0.05) is 38.2 Å². The van der Waals surface area contributed by atoms with Crippen LogP contribution in [0.1, 0.15) is 18.5 Å². The number of hydrogen-bond donors (Lipinski definition) is 4. The standard InChI is InChI=1S/C15H21N5O4/c1-8-11-12(9-4-6-10(7-5-9)20(23)24)18(2)15(22)17-13(11)19(3)14(21)16-8/h4-8,11-13,20,23H,1-3H3,(H,16,21)(H,17,22)/t8?,11-,12?,13-/m0/s1. The number of hydrogen-bond acceptors (Lipinski definition) is 4. The third kappa shape index (κ3) is 2.56. The summed E-state index contributed by atoms with van der Waals surface area (Å²) >= 11 is 0. The summed E-state index contributed by atoms with van der Waals surface area (Å²) < 4.78 is 0. The lowest BCUT2D eigenvalue weighted by Crippen LogP contribution is -2.99. The number of rotatable bonds is 2. The number of urea groups is 2. The van der Waals surface area contributed by atoms with Crippen LogP contribution in [0.4, 0.5) is 15.3 Å². The Labute approximate surface area is 139 Å². The third-order valence-corrected chi connectivity index (χ3v) is 4.90. The van der Waals surface area contributed by atoms with E-state index in [0.717, 1.165) is 5.56 Å². The molecule has 9 nitrogen and oxygen atoms in total. The molecule has 0 aromatic heterocycles. The molecular weight excluding hydrogens is 314 g/mol. The van der Waals surface area contributed by atoms with E-state index in [4.69, 9.17) is 5.21 Å². The van der Waals surface area contributed by atoms with Crippen molar-refractivity contribution in [1.29, 1.82) is 0 Å². The van der Waals surface area contributed by atoms with E-state index in [0.29, 0.717) is 0 Å². The molecule has 2 heterocycles. The molecule has 5 atom stereocenters. The van der Waals surface area contributed by atoms with Gasteiger partial charge in [-0.15, -0.1) is 0 Å². The Hall–Kier alpha value is -2.36. The molecule has 2 saturated heterocycles. The lowest BCUT2D eigenvalue weighted by atomic mass is 9.81. The van der Waals surface area contributed by atoms with Crippen LogP contribution in [0.15, 0.2) is 24.3 Å². The molecule has 0 bridgehead atoms. The summed E-state index contributed by atoms with van der Waals surface area (Å²) in [5.41, 5.74) is 1.03. The van der Waals surface area contributed by atoms with Crippen LogP contribution < -0.4 is 15.9 Å². The monoisotopic (exact) mass is 335 g/mol. The van der Waals surface area contributed by atoms with Crippen molar-refractivity contribution in [3.8, 4) is 0 Å². The number of quaternary nitrogens is 1. The van der Waals surface area contributed by atoms with Gasteiger partial charge in [-0.2, -0.15) is 5.23 Å². The van der Waals surface area contributed by atoms with E-state index in [1.165, 1.54) is 17.0 Å². The quantitative estimate of drug-likeness (QED) is 0.559. The van der Waals surface area contributed by atoms with Crippen molar-refractivity contribution in [1.82, 2.24) is 20.4 Å². The van der Waals surface area contributed by atoms with Crippen molar-refractivity contribution in [2.45, 2.75) is 25.2 Å². The number of nitrogens with zero attached hydrogens (tertiary/aromatic N) is 2. The van der Waals surface area contributed by atoms with E-state index in [-0.39, 0.29) is 35.8 Å². The van der Waals surface area contributed by atoms with Crippen LogP contribution >= 0.6 is 0 Å². The molecule has 0 aliphatic carbocycles. The topological polar surface area (TPSA) is 112 Å². The average Bonchev–Trinajstić information content (AvgIpc) is 2.54. The summed E-state index contributed by atoms with van der Waals surface area (Å²) in [4.78, 5) is 27.4. The van der Waals surface area contributed by atoms with Crippen LogP contribution in [0, 0.1) is 11.1 Å². The fraction of sp³-hybridized carbons (Fsp3) is 0.467. The fourth-order valence-electron chi connectivity index (χ4n) is 3.57. The number of amides is 4. The smallest absolute Gasteiger partial charge is 0.319 e. The summed E-state index contributed by atoms with van der Waals surface area (Å²) in [5.74, 6) is -0.0777. The summed E-state index contributed by atoms with van der Waals surface area (Å²) in [6, 6.07) is 5.60. The highest BCUT2D eigenvalue weighted by atomic mass is 16.8. The molecule has 1 aromatic carbocycles. The Morgan fingerprint density at radius 1 is 1.08 bits per heavy atom. The van der Waals surface area contributed by atoms with Crippen molar-refractivity contribution in [3.63, 3.8) is 0 Å². The van der Waals surface area contributed by atoms with Gasteiger partial charge in [-0.25, -0.2) is 14.8 Å². The zero-order valence-corrected chi connectivity index (χ0v) is 13.7. The Balaban J connectivity index is 1.99. The Kier molecular flexibility index (Phi) is 4.08. The number of nitrogens with one attached hydrogen (secondary N) is 3. The normalized spacial score (nSPS) is 31.2. The van der Waals surface area contributed by atoms with E-state index in [9.17, 15) is 14.8 Å². The molecule has 2 aliphatic heterocycles. The molecule has 0 saturated carbocycles. The maximum absolute atomic E-state index is 12.3. The Morgan fingerprint density at radius 3 is 2.25 bits per heavy atom. The lowest BCUT2D eigenvalue weighted by Gasteiger charge is -2.52. The maximum Gasteiger partial charge on any atom is 0.319 e. The van der Waals surface area contributed by atoms with Gasteiger partial charge in [0.1, 0.15) is 6.17 Å². The van der Waals surface area contributed by atoms with E-state index in [1.807, 2.05) is 6.92 Å². The molecule has 4 amide bonds. The predicted octanol–water partition coefficient (Wildman–Crippen LogP) is -0.228. The highest BCUT2D eigenvalue weighted by Gasteiger charge is 2.49. The summed E-state index contributed by atoms with van der Waals surface area (Å²) in [7, 11) is 3.35. The van der Waals surface area contributed by atoms with E-state index in [2.05, 4.69) is 10.6 Å². The van der Waals surface area contributed by atoms with Crippen molar-refractivity contribution in [2.24, 2.45) is 5.92 Å². The molecular formula is C15H21N5O4. The SMILES string of the molecule is CC1NC(=O)N(C)[C@@H]2NC(=O)N(C)C(c3ccc([NH+]([O-])O)cc3)[C@H]12. The second kappa shape index (κ2) is 5.93. The fourth-order valence-corrected chi connectivity index (χ4v) is 3.57. The van der Waals surface area contributed by atoms with Crippen LogP contribution in [-0.4, -0.2) is 53.4 Å². The van der Waals surface area contributed by atoms with Crippen molar-refractivity contribution >= 4 is 17.7 Å². The molecule has 3 unspecified atom stereocenters. The summed E-state index contributed by atoms with van der Waals surface area (Å²) in [5, 5.41) is 24.9. The molecule has 3 rings (SSSR count). The van der Waals surface area contributed by atoms with E-state index < -0.39 is 11.4 Å². The van der Waals surface area contributed by atoms with Crippen molar-refractivity contribution in [2.75, 3.05) is 14.1 Å². The lowest BCUT2D eigenvalue weighted by molar-refractivity contribution is -0.991. The molecule has 4 N–H and O–H groups in total. The predicted molar refractivity (Wildman–Crippen MR) is 84.3 cm³/mol. The molecule has 9 heteroatoms. The maximum atomic E-state index is 12.3. The molecule has 2 aliphatic rings. The van der Waals surface area contributed by atoms with E-state index >= 15 is 0 Å². The van der Waals surface area contributed by atoms with Gasteiger partial charge >= 0.3 is 12.1 Å². The van der Waals surface area contributed by atoms with Gasteiger partial charge in [0.2, 0.25) is 0 Å². The number of carbonyl (C=O) groups is 2. The van der Waals surface area contributed by atoms with Gasteiger partial charge < -0.3 is 25.6 Å². The molecule has 0 radical (unpaired) electrons. The van der Waals surface area contributed by atoms with Gasteiger partial charge in [-0.05, 0) is 12.5 Å². The highest BCUT2D eigenvalue weighted by Crippen LogP contribution is 2.38. The van der Waals surface area contributed by atoms with Crippen LogP contribution in [0.5, 0.6) is 0 Å². The van der Waals surface area contributed by atoms with Crippen molar-refractivity contribution < 1.29 is 20.0 Å². The van der Waals surface area contributed by atoms with Gasteiger partial charge in [-0.3, -0.25) is 0 Å². The van der Waals surface area contributed by atoms with Crippen LogP contribution in [0.2, 0.25) is 0 Å². The second-order valence-electron chi connectivity index (χ2n) is 6.30. The van der Waals surface area contributed by atoms with Crippen LogP contribution in [-0.2, 0) is 0 Å². The minimum Gasteiger partial charge on any atom is -0.595 e. The van der Waals surface area contributed by atoms with Crippen LogP contribution in [0.25, 0.3) is 0 Å². The van der Waals surface area contributed by atoms with E-state index in [1.54, 1.807) is 31.1 Å². The van der Waals surface area contributed by atoms with Gasteiger partial charge in [-0.1, -0.05) is 12.1 Å². The second-order valence-corrected chi connectivity index (χ2v) is 6.30. The van der Waals surface area contributed by atoms with Crippen molar-refractivity contribution in [3.05, 3.63) is 35.0 Å². The zero-order chi connectivity index (χ0) is 17.6. The van der Waals surface area contributed by atoms with Gasteiger partial charge in [0.15, 0.2) is 5.69 Å². The largest absolute Gasteiger partial charge is 0.595 e. The summed E-state index contributed by atoms with van der Waals surface area (Å²) in [6.07, 6.45) is -0.415. The first-order valence-corrected chi connectivity index (χ1v) is 7.71. The number of fused-ring (bicyclic) bond motifs is 1. The average molecular weight is 335 g/mol. The Bertz CT molecular complexity index is 650. The van der Waals surface area contributed by atoms with Gasteiger partial charge in [0.25, 0.3) is 0 Å². The van der Waals surface area contributed by atoms with Gasteiger partial charge in [0.05, 0.1) is 6.04 Å². The first-order valence-electron chi connectivity index (χ1n) is 7.71. The molecule has 24 heavy (non-hydrogen) atoms. The minimum absolute atomic E-state index is 0.0777. The first-order chi connectivity index (χ1) is 11.3. The highest BCUT2D eigenvalue weighted by molar-refractivity contribution is 5.80. The third-order valence-electron chi connectivity index (χ3n) is 4.90. The number of carbonyl (C=O) groups excluding carboxylic acids is 2. The molecule has 130 valence electrons. The summed E-state index contributed by atoms with van der Waals surface area (Å²) in [6.45, 7) is 1.91. The zero-order valence-electron chi connectivity index (χ0n) is 13.7.